The van der Waals surface area contributed by atoms with E-state index < -0.39 is 0 Å². The second-order valence-corrected chi connectivity index (χ2v) is 12.4. The van der Waals surface area contributed by atoms with Crippen LogP contribution in [0.25, 0.3) is 41.8 Å². The van der Waals surface area contributed by atoms with Crippen molar-refractivity contribution < 1.29 is 19.1 Å². The molecule has 0 bridgehead atoms. The molecular weight excluding hydrogens is 591 g/mol. The molecule has 0 spiro atoms. The van der Waals surface area contributed by atoms with Crippen molar-refractivity contribution >= 4 is 69.2 Å². The summed E-state index contributed by atoms with van der Waals surface area (Å²) in [6, 6.07) is 23.0. The molecule has 0 unspecified atom stereocenters. The van der Waals surface area contributed by atoms with Crippen molar-refractivity contribution in [2.45, 2.75) is 13.8 Å². The Morgan fingerprint density at radius 3 is 1.33 bits per heavy atom. The van der Waals surface area contributed by atoms with Crippen LogP contribution in [0.4, 0.5) is 0 Å². The molecule has 0 saturated carbocycles. The number of carbonyl (C=O) groups excluding carboxylic acids is 2. The molecule has 0 aliphatic rings. The zero-order chi connectivity index (χ0) is 27.5. The van der Waals surface area contributed by atoms with Gasteiger partial charge >= 0.3 is 11.9 Å². The van der Waals surface area contributed by atoms with E-state index in [9.17, 15) is 9.59 Å². The van der Waals surface area contributed by atoms with Crippen LogP contribution in [0.3, 0.4) is 0 Å². The second kappa shape index (κ2) is 12.1. The summed E-state index contributed by atoms with van der Waals surface area (Å²) in [5.74, 6) is -0.721. The highest BCUT2D eigenvalue weighted by Gasteiger charge is 2.24. The fourth-order valence-electron chi connectivity index (χ4n) is 3.98. The van der Waals surface area contributed by atoms with E-state index in [1.54, 1.807) is 13.8 Å². The van der Waals surface area contributed by atoms with Gasteiger partial charge in [-0.3, -0.25) is 0 Å². The van der Waals surface area contributed by atoms with Crippen LogP contribution in [-0.2, 0) is 9.47 Å². The number of hydrogen-bond donors (Lipinski definition) is 0. The molecule has 0 aliphatic heterocycles. The molecule has 0 N–H and O–H groups in total. The highest BCUT2D eigenvalue weighted by Crippen LogP contribution is 2.45. The Kier molecular flexibility index (Phi) is 8.54. The smallest absolute Gasteiger partial charge is 0.348 e. The minimum atomic E-state index is -0.361. The first-order valence-electron chi connectivity index (χ1n) is 12.1. The molecule has 4 nitrogen and oxygen atoms in total. The molecule has 39 heavy (non-hydrogen) atoms. The van der Waals surface area contributed by atoms with Gasteiger partial charge in [-0.1, -0.05) is 47.5 Å². The van der Waals surface area contributed by atoms with Gasteiger partial charge in [-0.25, -0.2) is 9.59 Å². The van der Waals surface area contributed by atoms with Crippen molar-refractivity contribution in [3.05, 3.63) is 92.6 Å². The third-order valence-corrected chi connectivity index (χ3v) is 9.76. The molecule has 0 aliphatic carbocycles. The average molecular weight is 614 g/mol. The van der Waals surface area contributed by atoms with Gasteiger partial charge in [-0.2, -0.15) is 0 Å². The Labute approximate surface area is 248 Å². The van der Waals surface area contributed by atoms with Crippen molar-refractivity contribution in [2.75, 3.05) is 13.2 Å². The maximum Gasteiger partial charge on any atom is 0.348 e. The summed E-state index contributed by atoms with van der Waals surface area (Å²) in [5.41, 5.74) is 3.53. The summed E-state index contributed by atoms with van der Waals surface area (Å²) in [7, 11) is 0. The van der Waals surface area contributed by atoms with E-state index in [2.05, 4.69) is 0 Å². The summed E-state index contributed by atoms with van der Waals surface area (Å²) in [6.07, 6.45) is 0. The predicted octanol–water partition coefficient (Wildman–Crippen LogP) is 10.2. The van der Waals surface area contributed by atoms with Crippen molar-refractivity contribution in [1.29, 1.82) is 0 Å². The maximum atomic E-state index is 12.9. The van der Waals surface area contributed by atoms with Crippen molar-refractivity contribution in [3.8, 4) is 41.8 Å². The number of benzene rings is 2. The van der Waals surface area contributed by atoms with Crippen molar-refractivity contribution in [2.24, 2.45) is 0 Å². The first-order chi connectivity index (χ1) is 18.9. The molecule has 5 rings (SSSR count). The van der Waals surface area contributed by atoms with E-state index in [0.717, 1.165) is 41.8 Å². The Balaban J connectivity index is 1.58. The minimum Gasteiger partial charge on any atom is -0.462 e. The molecule has 3 aromatic heterocycles. The van der Waals surface area contributed by atoms with E-state index in [4.69, 9.17) is 32.7 Å². The number of carbonyl (C=O) groups is 2. The molecule has 3 heterocycles. The SMILES string of the molecule is CCOC(=O)c1sc(-c2ccc(Cl)cc2)cc1-c1ccc(-c2cc(-c3ccc(Cl)cc3)sc2C(=O)OCC)s1. The molecule has 2 aromatic carbocycles. The number of hydrogen-bond acceptors (Lipinski definition) is 7. The number of thiophene rings is 3. The number of rotatable bonds is 8. The lowest BCUT2D eigenvalue weighted by Gasteiger charge is -2.02. The normalized spacial score (nSPS) is 11.0. The van der Waals surface area contributed by atoms with Crippen LogP contribution in [0.15, 0.2) is 72.8 Å². The molecule has 0 atom stereocenters. The molecular formula is C30H22Cl2O4S3. The first kappa shape index (κ1) is 27.6. The minimum absolute atomic E-state index is 0.285. The highest BCUT2D eigenvalue weighted by molar-refractivity contribution is 7.22. The Hall–Kier alpha value is -2.94. The largest absolute Gasteiger partial charge is 0.462 e. The Morgan fingerprint density at radius 1 is 0.590 bits per heavy atom. The Bertz CT molecular complexity index is 1510. The van der Waals surface area contributed by atoms with Crippen LogP contribution in [0.1, 0.15) is 33.2 Å². The standard InChI is InChI=1S/C30H22Cl2O4S3/c1-3-35-29(33)27-21(15-25(38-27)17-5-9-19(31)10-6-17)23-13-14-24(37-23)22-16-26(18-7-11-20(32)12-8-18)39-28(22)30(34)36-4-2/h5-16H,3-4H2,1-2H3. The quantitative estimate of drug-likeness (QED) is 0.164. The lowest BCUT2D eigenvalue weighted by atomic mass is 10.1. The summed E-state index contributed by atoms with van der Waals surface area (Å²) in [6.45, 7) is 4.15. The molecule has 0 saturated heterocycles. The van der Waals surface area contributed by atoms with Gasteiger partial charge in [0.1, 0.15) is 9.75 Å². The lowest BCUT2D eigenvalue weighted by Crippen LogP contribution is -2.03. The van der Waals surface area contributed by atoms with Crippen LogP contribution >= 0.6 is 57.2 Å². The van der Waals surface area contributed by atoms with E-state index in [-0.39, 0.29) is 25.2 Å². The first-order valence-corrected chi connectivity index (χ1v) is 15.3. The van der Waals surface area contributed by atoms with Gasteiger partial charge in [-0.05, 0) is 73.5 Å². The molecule has 9 heteroatoms. The van der Waals surface area contributed by atoms with Crippen LogP contribution in [-0.4, -0.2) is 25.2 Å². The third kappa shape index (κ3) is 5.98. The van der Waals surface area contributed by atoms with Gasteiger partial charge in [0.25, 0.3) is 0 Å². The van der Waals surface area contributed by atoms with Gasteiger partial charge in [-0.15, -0.1) is 34.0 Å². The van der Waals surface area contributed by atoms with Gasteiger partial charge in [0, 0.05) is 40.7 Å². The van der Waals surface area contributed by atoms with E-state index in [0.29, 0.717) is 19.8 Å². The van der Waals surface area contributed by atoms with Gasteiger partial charge in [0.2, 0.25) is 0 Å². The fourth-order valence-corrected chi connectivity index (χ4v) is 7.56. The van der Waals surface area contributed by atoms with Crippen LogP contribution in [0.2, 0.25) is 10.0 Å². The van der Waals surface area contributed by atoms with E-state index in [1.807, 2.05) is 72.8 Å². The monoisotopic (exact) mass is 612 g/mol. The third-order valence-electron chi connectivity index (χ3n) is 5.78. The maximum absolute atomic E-state index is 12.9. The van der Waals surface area contributed by atoms with Gasteiger partial charge < -0.3 is 9.47 Å². The topological polar surface area (TPSA) is 52.6 Å². The highest BCUT2D eigenvalue weighted by atomic mass is 35.5. The zero-order valence-corrected chi connectivity index (χ0v) is 24.9. The lowest BCUT2D eigenvalue weighted by molar-refractivity contribution is 0.0523. The van der Waals surface area contributed by atoms with Crippen molar-refractivity contribution in [1.82, 2.24) is 0 Å². The fraction of sp³-hybridized carbons (Fsp3) is 0.133. The zero-order valence-electron chi connectivity index (χ0n) is 21.0. The summed E-state index contributed by atoms with van der Waals surface area (Å²) < 4.78 is 10.7. The molecule has 0 radical (unpaired) electrons. The average Bonchev–Trinajstić information content (AvgIpc) is 3.68. The number of ether oxygens (including phenoxy) is 2. The molecule has 5 aromatic rings. The van der Waals surface area contributed by atoms with Gasteiger partial charge in [0.05, 0.1) is 13.2 Å². The number of esters is 2. The van der Waals surface area contributed by atoms with Crippen LogP contribution in [0, 0.1) is 0 Å². The Morgan fingerprint density at radius 2 is 0.974 bits per heavy atom. The molecule has 0 amide bonds. The predicted molar refractivity (Wildman–Crippen MR) is 164 cm³/mol. The van der Waals surface area contributed by atoms with E-state index >= 15 is 0 Å². The second-order valence-electron chi connectivity index (χ2n) is 8.33. The number of halogens is 2. The molecule has 198 valence electrons. The van der Waals surface area contributed by atoms with Crippen LogP contribution in [0.5, 0.6) is 0 Å². The molecule has 0 fully saturated rings. The van der Waals surface area contributed by atoms with E-state index in [1.165, 1.54) is 34.0 Å². The van der Waals surface area contributed by atoms with Gasteiger partial charge in [0.15, 0.2) is 0 Å². The summed E-state index contributed by atoms with van der Waals surface area (Å²) >= 11 is 16.5. The summed E-state index contributed by atoms with van der Waals surface area (Å²) in [4.78, 5) is 30.6. The van der Waals surface area contributed by atoms with Crippen LogP contribution < -0.4 is 0 Å². The summed E-state index contributed by atoms with van der Waals surface area (Å²) in [5, 5.41) is 1.30. The van der Waals surface area contributed by atoms with Crippen molar-refractivity contribution in [3.63, 3.8) is 0 Å².